The first-order valence-electron chi connectivity index (χ1n) is 15.0. The quantitative estimate of drug-likeness (QED) is 0.197. The lowest BCUT2D eigenvalue weighted by atomic mass is 9.84. The Labute approximate surface area is 252 Å². The predicted octanol–water partition coefficient (Wildman–Crippen LogP) is 12.3. The molecule has 204 valence electrons. The van der Waals surface area contributed by atoms with Gasteiger partial charge in [0.05, 0.1) is 0 Å². The van der Waals surface area contributed by atoms with Crippen molar-refractivity contribution in [3.63, 3.8) is 0 Å². The molecule has 0 fully saturated rings. The van der Waals surface area contributed by atoms with Crippen LogP contribution < -0.4 is 0 Å². The van der Waals surface area contributed by atoms with Crippen molar-refractivity contribution in [1.82, 2.24) is 0 Å². The molecule has 0 aliphatic rings. The van der Waals surface area contributed by atoms with Crippen molar-refractivity contribution < 1.29 is 8.83 Å². The van der Waals surface area contributed by atoms with Gasteiger partial charge in [0.15, 0.2) is 11.2 Å². The third kappa shape index (κ3) is 3.20. The third-order valence-electron chi connectivity index (χ3n) is 9.26. The van der Waals surface area contributed by atoms with Crippen LogP contribution in [0.1, 0.15) is 0 Å². The molecule has 44 heavy (non-hydrogen) atoms. The van der Waals surface area contributed by atoms with Crippen molar-refractivity contribution in [1.29, 1.82) is 0 Å². The van der Waals surface area contributed by atoms with Gasteiger partial charge in [-0.2, -0.15) is 0 Å². The summed E-state index contributed by atoms with van der Waals surface area (Å²) >= 11 is 0. The predicted molar refractivity (Wildman–Crippen MR) is 184 cm³/mol. The molecule has 0 aliphatic carbocycles. The van der Waals surface area contributed by atoms with Gasteiger partial charge in [-0.15, -0.1) is 0 Å². The molecule has 2 heterocycles. The number of fused-ring (bicyclic) bond motifs is 10. The monoisotopic (exact) mass is 560 g/mol. The maximum atomic E-state index is 6.49. The van der Waals surface area contributed by atoms with Gasteiger partial charge in [0.1, 0.15) is 11.2 Å². The van der Waals surface area contributed by atoms with E-state index < -0.39 is 0 Å². The molecular formula is C42H24O2. The highest BCUT2D eigenvalue weighted by molar-refractivity contribution is 6.25. The van der Waals surface area contributed by atoms with Crippen LogP contribution in [-0.4, -0.2) is 0 Å². The van der Waals surface area contributed by atoms with Crippen LogP contribution in [0.2, 0.25) is 0 Å². The van der Waals surface area contributed by atoms with Crippen molar-refractivity contribution in [2.45, 2.75) is 0 Å². The fourth-order valence-electron chi connectivity index (χ4n) is 7.35. The number of benzene rings is 8. The van der Waals surface area contributed by atoms with Gasteiger partial charge in [-0.05, 0) is 84.9 Å². The highest BCUT2D eigenvalue weighted by atomic mass is 16.4. The van der Waals surface area contributed by atoms with E-state index in [1.165, 1.54) is 54.6 Å². The van der Waals surface area contributed by atoms with Crippen LogP contribution in [0.5, 0.6) is 0 Å². The van der Waals surface area contributed by atoms with Crippen molar-refractivity contribution in [2.24, 2.45) is 0 Å². The molecule has 10 aromatic rings. The topological polar surface area (TPSA) is 26.3 Å². The summed E-state index contributed by atoms with van der Waals surface area (Å²) in [7, 11) is 0. The van der Waals surface area contributed by atoms with Gasteiger partial charge in [0.2, 0.25) is 0 Å². The zero-order chi connectivity index (χ0) is 28.8. The van der Waals surface area contributed by atoms with E-state index in [2.05, 4.69) is 127 Å². The Balaban J connectivity index is 1.29. The lowest BCUT2D eigenvalue weighted by molar-refractivity contribution is 0.633. The first kappa shape index (κ1) is 23.7. The van der Waals surface area contributed by atoms with E-state index in [9.17, 15) is 0 Å². The van der Waals surface area contributed by atoms with E-state index in [0.717, 1.165) is 43.9 Å². The molecule has 0 saturated carbocycles. The van der Waals surface area contributed by atoms with E-state index in [1.807, 2.05) is 18.2 Å². The van der Waals surface area contributed by atoms with Gasteiger partial charge in [0.25, 0.3) is 0 Å². The zero-order valence-corrected chi connectivity index (χ0v) is 23.7. The van der Waals surface area contributed by atoms with Gasteiger partial charge in [-0.1, -0.05) is 115 Å². The highest BCUT2D eigenvalue weighted by Gasteiger charge is 2.20. The molecular weight excluding hydrogens is 536 g/mol. The zero-order valence-electron chi connectivity index (χ0n) is 23.7. The van der Waals surface area contributed by atoms with E-state index in [-0.39, 0.29) is 0 Å². The summed E-state index contributed by atoms with van der Waals surface area (Å²) in [6.45, 7) is 0. The SMILES string of the molecule is c1ccc2c(-c3c4ccccc4c(-c4ccc5oc6c(ccc7c8ccccc8oc76)c5c4)c4ccccc34)cccc2c1. The van der Waals surface area contributed by atoms with Crippen LogP contribution in [0.15, 0.2) is 154 Å². The molecule has 0 spiro atoms. The summed E-state index contributed by atoms with van der Waals surface area (Å²) in [5.74, 6) is 0. The summed E-state index contributed by atoms with van der Waals surface area (Å²) in [4.78, 5) is 0. The second kappa shape index (κ2) is 8.82. The molecule has 0 amide bonds. The van der Waals surface area contributed by atoms with E-state index >= 15 is 0 Å². The molecule has 10 rings (SSSR count). The van der Waals surface area contributed by atoms with Gasteiger partial charge < -0.3 is 8.83 Å². The molecule has 0 radical (unpaired) electrons. The third-order valence-corrected chi connectivity index (χ3v) is 9.26. The molecule has 0 saturated heterocycles. The van der Waals surface area contributed by atoms with Crippen LogP contribution in [0.3, 0.4) is 0 Å². The maximum absolute atomic E-state index is 6.49. The largest absolute Gasteiger partial charge is 0.452 e. The minimum absolute atomic E-state index is 0.798. The van der Waals surface area contributed by atoms with E-state index in [1.54, 1.807) is 0 Å². The highest BCUT2D eigenvalue weighted by Crippen LogP contribution is 2.46. The van der Waals surface area contributed by atoms with Crippen molar-refractivity contribution in [3.8, 4) is 22.3 Å². The second-order valence-electron chi connectivity index (χ2n) is 11.6. The average molecular weight is 561 g/mol. The van der Waals surface area contributed by atoms with Crippen LogP contribution in [0.4, 0.5) is 0 Å². The minimum Gasteiger partial charge on any atom is -0.452 e. The second-order valence-corrected chi connectivity index (χ2v) is 11.6. The number of rotatable bonds is 2. The smallest absolute Gasteiger partial charge is 0.178 e. The van der Waals surface area contributed by atoms with Crippen LogP contribution in [0.25, 0.3) is 98.4 Å². The summed E-state index contributed by atoms with van der Waals surface area (Å²) < 4.78 is 12.8. The Morgan fingerprint density at radius 2 is 0.841 bits per heavy atom. The normalized spacial score (nSPS) is 12.1. The fraction of sp³-hybridized carbons (Fsp3) is 0. The van der Waals surface area contributed by atoms with E-state index in [0.29, 0.717) is 0 Å². The van der Waals surface area contributed by atoms with Crippen LogP contribution in [0, 0.1) is 0 Å². The van der Waals surface area contributed by atoms with Gasteiger partial charge in [-0.3, -0.25) is 0 Å². The molecule has 0 aliphatic heterocycles. The number of para-hydroxylation sites is 1. The van der Waals surface area contributed by atoms with Crippen molar-refractivity contribution >= 4 is 76.2 Å². The summed E-state index contributed by atoms with van der Waals surface area (Å²) in [5.41, 5.74) is 8.27. The minimum atomic E-state index is 0.798. The number of furan rings is 2. The van der Waals surface area contributed by atoms with Crippen molar-refractivity contribution in [2.75, 3.05) is 0 Å². The Kier molecular flexibility index (Phi) is 4.75. The van der Waals surface area contributed by atoms with E-state index in [4.69, 9.17) is 8.83 Å². The maximum Gasteiger partial charge on any atom is 0.178 e. The fourth-order valence-corrected chi connectivity index (χ4v) is 7.35. The first-order valence-corrected chi connectivity index (χ1v) is 15.0. The number of hydrogen-bond acceptors (Lipinski definition) is 2. The summed E-state index contributed by atoms with van der Waals surface area (Å²) in [5, 5.41) is 11.8. The molecule has 0 bridgehead atoms. The molecule has 2 nitrogen and oxygen atoms in total. The lowest BCUT2D eigenvalue weighted by Gasteiger charge is -2.18. The van der Waals surface area contributed by atoms with Crippen LogP contribution in [-0.2, 0) is 0 Å². The lowest BCUT2D eigenvalue weighted by Crippen LogP contribution is -1.91. The van der Waals surface area contributed by atoms with Gasteiger partial charge in [0, 0.05) is 21.5 Å². The van der Waals surface area contributed by atoms with Gasteiger partial charge in [-0.25, -0.2) is 0 Å². The molecule has 2 heteroatoms. The van der Waals surface area contributed by atoms with Gasteiger partial charge >= 0.3 is 0 Å². The van der Waals surface area contributed by atoms with Crippen molar-refractivity contribution in [3.05, 3.63) is 146 Å². The Hall–Kier alpha value is -5.86. The molecule has 8 aromatic carbocycles. The first-order chi connectivity index (χ1) is 21.8. The Morgan fingerprint density at radius 3 is 1.55 bits per heavy atom. The number of hydrogen-bond donors (Lipinski definition) is 0. The standard InChI is InChI=1S/C42H24O2/c1-2-12-27-25(10-1)11-9-18-29(27)40-32-16-5-3-14-30(32)39(31-15-4-6-17-33(31)40)26-20-23-38-36(24-26)35-22-21-34-28-13-7-8-19-37(28)43-41(34)42(35)44-38/h1-24H. The summed E-state index contributed by atoms with van der Waals surface area (Å²) in [6.07, 6.45) is 0. The van der Waals surface area contributed by atoms with Crippen LogP contribution >= 0.6 is 0 Å². The average Bonchev–Trinajstić information content (AvgIpc) is 3.65. The molecule has 0 unspecified atom stereocenters. The Bertz CT molecular complexity index is 2710. The molecule has 0 N–H and O–H groups in total. The Morgan fingerprint density at radius 1 is 0.318 bits per heavy atom. The molecule has 0 atom stereocenters. The molecule has 2 aromatic heterocycles. The summed E-state index contributed by atoms with van der Waals surface area (Å²) in [6, 6.07) is 52.1.